The van der Waals surface area contributed by atoms with E-state index in [0.29, 0.717) is 12.0 Å². The van der Waals surface area contributed by atoms with Gasteiger partial charge in [-0.25, -0.2) is 8.78 Å². The molecule has 0 fully saturated rings. The molecule has 0 aliphatic rings. The lowest BCUT2D eigenvalue weighted by Crippen LogP contribution is -2.38. The highest BCUT2D eigenvalue weighted by atomic mass is 32.2. The van der Waals surface area contributed by atoms with E-state index in [9.17, 15) is 22.0 Å². The summed E-state index contributed by atoms with van der Waals surface area (Å²) in [5, 5.41) is 0. The molecule has 0 aliphatic heterocycles. The fourth-order valence-electron chi connectivity index (χ4n) is 3.30. The van der Waals surface area contributed by atoms with Crippen LogP contribution in [0.15, 0.2) is 71.6 Å². The van der Waals surface area contributed by atoms with Gasteiger partial charge in [-0.2, -0.15) is 8.42 Å². The van der Waals surface area contributed by atoms with Crippen LogP contribution >= 0.6 is 0 Å². The average molecular weight is 490 g/mol. The molecule has 0 N–H and O–H groups in total. The second kappa shape index (κ2) is 10.6. The molecule has 0 radical (unpaired) electrons. The predicted molar refractivity (Wildman–Crippen MR) is 123 cm³/mol. The zero-order valence-electron chi connectivity index (χ0n) is 19.0. The Morgan fingerprint density at radius 3 is 2.38 bits per heavy atom. The first-order chi connectivity index (χ1) is 16.2. The van der Waals surface area contributed by atoms with Crippen LogP contribution in [0.3, 0.4) is 0 Å². The van der Waals surface area contributed by atoms with E-state index in [1.807, 2.05) is 13.8 Å². The van der Waals surface area contributed by atoms with Crippen molar-refractivity contribution in [1.29, 1.82) is 0 Å². The third-order valence-electron chi connectivity index (χ3n) is 5.38. The topological polar surface area (TPSA) is 72.9 Å². The number of benzene rings is 3. The van der Waals surface area contributed by atoms with E-state index in [4.69, 9.17) is 8.92 Å². The molecule has 0 bridgehead atoms. The number of rotatable bonds is 9. The van der Waals surface area contributed by atoms with Crippen LogP contribution in [0.4, 0.5) is 8.78 Å². The quantitative estimate of drug-likeness (QED) is 0.387. The summed E-state index contributed by atoms with van der Waals surface area (Å²) in [6, 6.07) is 14.7. The summed E-state index contributed by atoms with van der Waals surface area (Å²) in [5.41, 5.74) is 0.602. The summed E-state index contributed by atoms with van der Waals surface area (Å²) >= 11 is 0. The maximum absolute atomic E-state index is 14.1. The van der Waals surface area contributed by atoms with Crippen LogP contribution in [0.5, 0.6) is 11.5 Å². The number of carbonyl (C=O) groups excluding carboxylic acids is 1. The lowest BCUT2D eigenvalue weighted by atomic mass is 10.1. The standard InChI is InChI=1S/C25H25F2NO5S/c1-4-17(2)28(25(29)18-9-7-10-20(26)14-18)16-19-8-5-6-11-23(19)33-34(30,31)21-12-13-24(32-3)22(27)15-21/h5-15,17H,4,16H2,1-3H3. The first-order valence-electron chi connectivity index (χ1n) is 10.6. The van der Waals surface area contributed by atoms with E-state index in [1.54, 1.807) is 18.2 Å². The van der Waals surface area contributed by atoms with Gasteiger partial charge in [0.1, 0.15) is 16.5 Å². The van der Waals surface area contributed by atoms with Crippen molar-refractivity contribution in [3.8, 4) is 11.5 Å². The Hall–Kier alpha value is -3.46. The Kier molecular flexibility index (Phi) is 7.88. The summed E-state index contributed by atoms with van der Waals surface area (Å²) in [4.78, 5) is 14.3. The van der Waals surface area contributed by atoms with Crippen LogP contribution in [-0.2, 0) is 16.7 Å². The SMILES string of the molecule is CCC(C)N(Cc1ccccc1OS(=O)(=O)c1ccc(OC)c(F)c1)C(=O)c1cccc(F)c1. The van der Waals surface area contributed by atoms with Crippen LogP contribution in [0.1, 0.15) is 36.2 Å². The molecule has 1 atom stereocenters. The zero-order valence-corrected chi connectivity index (χ0v) is 19.8. The fraction of sp³-hybridized carbons (Fsp3) is 0.240. The van der Waals surface area contributed by atoms with Gasteiger partial charge in [0.05, 0.1) is 7.11 Å². The fourth-order valence-corrected chi connectivity index (χ4v) is 4.28. The molecule has 3 aromatic carbocycles. The highest BCUT2D eigenvalue weighted by Gasteiger charge is 2.25. The number of hydrogen-bond donors (Lipinski definition) is 0. The Balaban J connectivity index is 1.92. The number of hydrogen-bond acceptors (Lipinski definition) is 5. The van der Waals surface area contributed by atoms with E-state index in [0.717, 1.165) is 12.1 Å². The molecule has 0 aliphatic carbocycles. The van der Waals surface area contributed by atoms with Crippen LogP contribution in [0.25, 0.3) is 0 Å². The molecular formula is C25H25F2NO5S. The first kappa shape index (κ1) is 25.2. The Labute approximate surface area is 197 Å². The molecule has 9 heteroatoms. The maximum Gasteiger partial charge on any atom is 0.339 e. The number of halogens is 2. The number of nitrogens with zero attached hydrogens (tertiary/aromatic N) is 1. The normalized spacial score (nSPS) is 12.1. The molecule has 3 aromatic rings. The van der Waals surface area contributed by atoms with Gasteiger partial charge in [0.2, 0.25) is 0 Å². The molecule has 34 heavy (non-hydrogen) atoms. The number of amides is 1. The van der Waals surface area contributed by atoms with Gasteiger partial charge in [0, 0.05) is 23.7 Å². The van der Waals surface area contributed by atoms with E-state index >= 15 is 0 Å². The number of carbonyl (C=O) groups is 1. The molecule has 1 amide bonds. The lowest BCUT2D eigenvalue weighted by molar-refractivity contribution is 0.0670. The van der Waals surface area contributed by atoms with Crippen molar-refractivity contribution < 1.29 is 30.9 Å². The number of methoxy groups -OCH3 is 1. The van der Waals surface area contributed by atoms with Crippen molar-refractivity contribution in [3.05, 3.63) is 89.5 Å². The van der Waals surface area contributed by atoms with Gasteiger partial charge in [-0.3, -0.25) is 4.79 Å². The Morgan fingerprint density at radius 1 is 1.00 bits per heavy atom. The van der Waals surface area contributed by atoms with Crippen molar-refractivity contribution in [2.75, 3.05) is 7.11 Å². The monoisotopic (exact) mass is 489 g/mol. The van der Waals surface area contributed by atoms with E-state index in [-0.39, 0.29) is 34.5 Å². The molecule has 0 saturated carbocycles. The molecule has 6 nitrogen and oxygen atoms in total. The summed E-state index contributed by atoms with van der Waals surface area (Å²) in [7, 11) is -3.10. The van der Waals surface area contributed by atoms with E-state index in [2.05, 4.69) is 0 Å². The third kappa shape index (κ3) is 5.72. The minimum atomic E-state index is -4.37. The lowest BCUT2D eigenvalue weighted by Gasteiger charge is -2.29. The van der Waals surface area contributed by atoms with Crippen LogP contribution < -0.4 is 8.92 Å². The van der Waals surface area contributed by atoms with Crippen molar-refractivity contribution in [2.24, 2.45) is 0 Å². The number of para-hydroxylation sites is 1. The minimum absolute atomic E-state index is 0.000860. The van der Waals surface area contributed by atoms with Gasteiger partial charge in [0.15, 0.2) is 11.6 Å². The largest absolute Gasteiger partial charge is 0.494 e. The summed E-state index contributed by atoms with van der Waals surface area (Å²) < 4.78 is 63.6. The summed E-state index contributed by atoms with van der Waals surface area (Å²) in [6.07, 6.45) is 0.619. The average Bonchev–Trinajstić information content (AvgIpc) is 2.82. The van der Waals surface area contributed by atoms with Crippen LogP contribution in [-0.4, -0.2) is 32.4 Å². The van der Waals surface area contributed by atoms with Crippen molar-refractivity contribution in [1.82, 2.24) is 4.90 Å². The molecular weight excluding hydrogens is 464 g/mol. The molecule has 0 heterocycles. The smallest absolute Gasteiger partial charge is 0.339 e. The number of ether oxygens (including phenoxy) is 1. The summed E-state index contributed by atoms with van der Waals surface area (Å²) in [6.45, 7) is 3.77. The van der Waals surface area contributed by atoms with Crippen LogP contribution in [0, 0.1) is 11.6 Å². The highest BCUT2D eigenvalue weighted by Crippen LogP contribution is 2.28. The van der Waals surface area contributed by atoms with Gasteiger partial charge in [-0.1, -0.05) is 31.2 Å². The molecule has 180 valence electrons. The zero-order chi connectivity index (χ0) is 24.9. The van der Waals surface area contributed by atoms with Gasteiger partial charge >= 0.3 is 10.1 Å². The Bertz CT molecular complexity index is 1280. The molecule has 3 rings (SSSR count). The van der Waals surface area contributed by atoms with Gasteiger partial charge < -0.3 is 13.8 Å². The van der Waals surface area contributed by atoms with Gasteiger partial charge in [-0.15, -0.1) is 0 Å². The molecule has 0 saturated heterocycles. The molecule has 0 aromatic heterocycles. The summed E-state index contributed by atoms with van der Waals surface area (Å²) in [5.74, 6) is -1.87. The van der Waals surface area contributed by atoms with E-state index < -0.39 is 27.7 Å². The van der Waals surface area contributed by atoms with Crippen molar-refractivity contribution >= 4 is 16.0 Å². The maximum atomic E-state index is 14.1. The molecule has 1 unspecified atom stereocenters. The van der Waals surface area contributed by atoms with Crippen molar-refractivity contribution in [2.45, 2.75) is 37.8 Å². The third-order valence-corrected chi connectivity index (χ3v) is 6.61. The second-order valence-corrected chi connectivity index (χ2v) is 9.19. The first-order valence-corrected chi connectivity index (χ1v) is 12.0. The minimum Gasteiger partial charge on any atom is -0.494 e. The predicted octanol–water partition coefficient (Wildman–Crippen LogP) is 5.18. The molecule has 0 spiro atoms. The van der Waals surface area contributed by atoms with Crippen molar-refractivity contribution in [3.63, 3.8) is 0 Å². The van der Waals surface area contributed by atoms with E-state index in [1.165, 1.54) is 48.4 Å². The highest BCUT2D eigenvalue weighted by molar-refractivity contribution is 7.87. The van der Waals surface area contributed by atoms with Gasteiger partial charge in [0.25, 0.3) is 5.91 Å². The van der Waals surface area contributed by atoms with Crippen LogP contribution in [0.2, 0.25) is 0 Å². The Morgan fingerprint density at radius 2 is 1.74 bits per heavy atom. The second-order valence-electron chi connectivity index (χ2n) is 7.64. The van der Waals surface area contributed by atoms with Gasteiger partial charge in [-0.05, 0) is 55.8 Å².